The molecule has 0 aromatic carbocycles. The minimum Gasteiger partial charge on any atom is -0.312 e. The molecule has 0 aliphatic rings. The fourth-order valence-electron chi connectivity index (χ4n) is 1.26. The first kappa shape index (κ1) is 8.80. The van der Waals surface area contributed by atoms with Gasteiger partial charge in [0.2, 0.25) is 0 Å². The summed E-state index contributed by atoms with van der Waals surface area (Å²) in [5.41, 5.74) is 0.637. The van der Waals surface area contributed by atoms with Crippen LogP contribution in [0.1, 0.15) is 19.9 Å². The molecule has 2 rings (SSSR count). The second-order valence-electron chi connectivity index (χ2n) is 3.41. The van der Waals surface area contributed by atoms with Gasteiger partial charge in [0.1, 0.15) is 0 Å². The van der Waals surface area contributed by atoms with E-state index < -0.39 is 0 Å². The molecule has 0 spiro atoms. The van der Waals surface area contributed by atoms with Crippen molar-refractivity contribution in [1.29, 1.82) is 0 Å². The van der Waals surface area contributed by atoms with Gasteiger partial charge in [0, 0.05) is 24.6 Å². The Morgan fingerprint density at radius 1 is 1.50 bits per heavy atom. The maximum Gasteiger partial charge on any atom is 0.330 e. The van der Waals surface area contributed by atoms with Gasteiger partial charge >= 0.3 is 5.69 Å². The molecule has 5 heteroatoms. The molecule has 0 aliphatic carbocycles. The van der Waals surface area contributed by atoms with Gasteiger partial charge in [-0.25, -0.2) is 4.79 Å². The third-order valence-electron chi connectivity index (χ3n) is 2.04. The monoisotopic (exact) mass is 192 g/mol. The van der Waals surface area contributed by atoms with Crippen LogP contribution in [0.2, 0.25) is 0 Å². The highest BCUT2D eigenvalue weighted by Crippen LogP contribution is 2.07. The molecule has 0 amide bonds. The van der Waals surface area contributed by atoms with Crippen molar-refractivity contribution in [2.75, 3.05) is 0 Å². The predicted octanol–water partition coefficient (Wildman–Crippen LogP) is 0.943. The summed E-state index contributed by atoms with van der Waals surface area (Å²) in [6.07, 6.45) is 6.81. The molecular formula is C9H12N4O. The summed E-state index contributed by atoms with van der Waals surface area (Å²) in [5, 5.41) is 4.16. The zero-order chi connectivity index (χ0) is 10.1. The van der Waals surface area contributed by atoms with Crippen LogP contribution in [0.3, 0.4) is 0 Å². The molecule has 0 fully saturated rings. The van der Waals surface area contributed by atoms with E-state index in [9.17, 15) is 4.79 Å². The zero-order valence-electron chi connectivity index (χ0n) is 8.14. The number of hydrogen-bond acceptors (Lipinski definition) is 2. The lowest BCUT2D eigenvalue weighted by atomic mass is 10.4. The summed E-state index contributed by atoms with van der Waals surface area (Å²) in [4.78, 5) is 13.8. The lowest BCUT2D eigenvalue weighted by Gasteiger charge is -2.02. The number of rotatable bonds is 2. The van der Waals surface area contributed by atoms with Crippen molar-refractivity contribution in [3.05, 3.63) is 35.3 Å². The summed E-state index contributed by atoms with van der Waals surface area (Å²) in [5.74, 6) is 0. The Hall–Kier alpha value is -1.78. The number of aromatic amines is 1. The Labute approximate surface area is 81.0 Å². The topological polar surface area (TPSA) is 55.6 Å². The highest BCUT2D eigenvalue weighted by Gasteiger charge is 2.04. The number of H-pyrrole nitrogens is 1. The third-order valence-corrected chi connectivity index (χ3v) is 2.04. The minimum atomic E-state index is -0.145. The molecule has 0 atom stereocenters. The summed E-state index contributed by atoms with van der Waals surface area (Å²) in [6, 6.07) is 0.304. The Balaban J connectivity index is 2.44. The van der Waals surface area contributed by atoms with Gasteiger partial charge in [-0.3, -0.25) is 9.25 Å². The van der Waals surface area contributed by atoms with Crippen molar-refractivity contribution < 1.29 is 0 Å². The average Bonchev–Trinajstić information content (AvgIpc) is 2.71. The van der Waals surface area contributed by atoms with Crippen molar-refractivity contribution in [3.63, 3.8) is 0 Å². The molecular weight excluding hydrogens is 180 g/mol. The fraction of sp³-hybridized carbons (Fsp3) is 0.333. The Morgan fingerprint density at radius 2 is 2.29 bits per heavy atom. The molecule has 74 valence electrons. The number of nitrogens with one attached hydrogen (secondary N) is 1. The van der Waals surface area contributed by atoms with Crippen molar-refractivity contribution in [2.45, 2.75) is 19.9 Å². The maximum absolute atomic E-state index is 11.3. The van der Waals surface area contributed by atoms with Gasteiger partial charge in [-0.2, -0.15) is 5.10 Å². The summed E-state index contributed by atoms with van der Waals surface area (Å²) >= 11 is 0. The Kier molecular flexibility index (Phi) is 1.99. The van der Waals surface area contributed by atoms with Gasteiger partial charge in [-0.15, -0.1) is 0 Å². The first-order valence-electron chi connectivity index (χ1n) is 4.49. The smallest absolute Gasteiger partial charge is 0.312 e. The van der Waals surface area contributed by atoms with Crippen LogP contribution in [0, 0.1) is 0 Å². The molecule has 2 heterocycles. The van der Waals surface area contributed by atoms with Crippen LogP contribution in [0.5, 0.6) is 0 Å². The molecule has 0 saturated carbocycles. The maximum atomic E-state index is 11.3. The van der Waals surface area contributed by atoms with E-state index in [0.717, 1.165) is 5.69 Å². The van der Waals surface area contributed by atoms with Gasteiger partial charge in [-0.05, 0) is 13.8 Å². The first-order chi connectivity index (χ1) is 6.68. The quantitative estimate of drug-likeness (QED) is 0.770. The SMILES string of the molecule is CC(C)n1cc(-n2cc[nH]c2=O)cn1. The van der Waals surface area contributed by atoms with Gasteiger partial charge < -0.3 is 4.98 Å². The average molecular weight is 192 g/mol. The molecule has 0 aliphatic heterocycles. The van der Waals surface area contributed by atoms with E-state index in [4.69, 9.17) is 0 Å². The second-order valence-corrected chi connectivity index (χ2v) is 3.41. The van der Waals surface area contributed by atoms with Crippen molar-refractivity contribution in [3.8, 4) is 5.69 Å². The Bertz CT molecular complexity index is 477. The molecule has 2 aromatic heterocycles. The minimum absolute atomic E-state index is 0.145. The van der Waals surface area contributed by atoms with Gasteiger partial charge in [0.05, 0.1) is 11.9 Å². The second kappa shape index (κ2) is 3.17. The van der Waals surface area contributed by atoms with Gasteiger partial charge in [0.15, 0.2) is 0 Å². The van der Waals surface area contributed by atoms with Crippen LogP contribution >= 0.6 is 0 Å². The molecule has 0 radical (unpaired) electrons. The van der Waals surface area contributed by atoms with Crippen LogP contribution in [0.15, 0.2) is 29.6 Å². The van der Waals surface area contributed by atoms with Gasteiger partial charge in [-0.1, -0.05) is 0 Å². The lowest BCUT2D eigenvalue weighted by Crippen LogP contribution is -2.13. The molecule has 0 unspecified atom stereocenters. The standard InChI is InChI=1S/C9H12N4O/c1-7(2)13-6-8(5-11-13)12-4-3-10-9(12)14/h3-7H,1-2H3,(H,10,14). The number of aromatic nitrogens is 4. The number of imidazole rings is 1. The van der Waals surface area contributed by atoms with E-state index in [1.54, 1.807) is 18.6 Å². The summed E-state index contributed by atoms with van der Waals surface area (Å²) < 4.78 is 3.33. The van der Waals surface area contributed by atoms with E-state index >= 15 is 0 Å². The molecule has 2 aromatic rings. The van der Waals surface area contributed by atoms with Crippen molar-refractivity contribution in [1.82, 2.24) is 19.3 Å². The largest absolute Gasteiger partial charge is 0.330 e. The fourth-order valence-corrected chi connectivity index (χ4v) is 1.26. The summed E-state index contributed by atoms with van der Waals surface area (Å²) in [6.45, 7) is 4.08. The molecule has 1 N–H and O–H groups in total. The van der Waals surface area contributed by atoms with Crippen LogP contribution in [0.4, 0.5) is 0 Å². The van der Waals surface area contributed by atoms with Crippen LogP contribution < -0.4 is 5.69 Å². The van der Waals surface area contributed by atoms with E-state index in [2.05, 4.69) is 10.1 Å². The third kappa shape index (κ3) is 1.37. The first-order valence-corrected chi connectivity index (χ1v) is 4.49. The van der Waals surface area contributed by atoms with Crippen LogP contribution in [-0.2, 0) is 0 Å². The molecule has 0 saturated heterocycles. The van der Waals surface area contributed by atoms with Gasteiger partial charge in [0.25, 0.3) is 0 Å². The van der Waals surface area contributed by atoms with Crippen molar-refractivity contribution >= 4 is 0 Å². The zero-order valence-corrected chi connectivity index (χ0v) is 8.14. The molecule has 0 bridgehead atoms. The van der Waals surface area contributed by atoms with Crippen LogP contribution in [0.25, 0.3) is 5.69 Å². The molecule has 14 heavy (non-hydrogen) atoms. The van der Waals surface area contributed by atoms with E-state index in [-0.39, 0.29) is 5.69 Å². The van der Waals surface area contributed by atoms with E-state index in [1.807, 2.05) is 24.7 Å². The van der Waals surface area contributed by atoms with E-state index in [0.29, 0.717) is 6.04 Å². The van der Waals surface area contributed by atoms with E-state index in [1.165, 1.54) is 4.57 Å². The molecule has 5 nitrogen and oxygen atoms in total. The number of hydrogen-bond donors (Lipinski definition) is 1. The summed E-state index contributed by atoms with van der Waals surface area (Å²) in [7, 11) is 0. The number of nitrogens with zero attached hydrogens (tertiary/aromatic N) is 3. The highest BCUT2D eigenvalue weighted by molar-refractivity contribution is 5.24. The van der Waals surface area contributed by atoms with Crippen LogP contribution in [-0.4, -0.2) is 19.3 Å². The van der Waals surface area contributed by atoms with Crippen molar-refractivity contribution in [2.24, 2.45) is 0 Å². The lowest BCUT2D eigenvalue weighted by molar-refractivity contribution is 0.532. The highest BCUT2D eigenvalue weighted by atomic mass is 16.1. The normalized spacial score (nSPS) is 11.1. The predicted molar refractivity (Wildman–Crippen MR) is 52.6 cm³/mol. The Morgan fingerprint density at radius 3 is 2.79 bits per heavy atom.